The SMILES string of the molecule is O=C(NCc1nccc(N2CCCC2)n1)c1cc(-c2ccccc2)on1. The molecule has 2 aromatic heterocycles. The molecule has 1 N–H and O–H groups in total. The molecular weight excluding hydrogens is 330 g/mol. The molecule has 0 atom stereocenters. The van der Waals surface area contributed by atoms with Crippen molar-refractivity contribution in [2.24, 2.45) is 0 Å². The number of nitrogens with zero attached hydrogens (tertiary/aromatic N) is 4. The predicted molar refractivity (Wildman–Crippen MR) is 96.6 cm³/mol. The topological polar surface area (TPSA) is 84.2 Å². The van der Waals surface area contributed by atoms with Crippen molar-refractivity contribution in [3.05, 3.63) is 60.2 Å². The molecule has 0 spiro atoms. The highest BCUT2D eigenvalue weighted by atomic mass is 16.5. The van der Waals surface area contributed by atoms with Crippen molar-refractivity contribution < 1.29 is 9.32 Å². The van der Waals surface area contributed by atoms with Crippen molar-refractivity contribution >= 4 is 11.7 Å². The molecule has 3 heterocycles. The summed E-state index contributed by atoms with van der Waals surface area (Å²) in [5, 5.41) is 6.64. The number of aromatic nitrogens is 3. The van der Waals surface area contributed by atoms with E-state index >= 15 is 0 Å². The Morgan fingerprint density at radius 2 is 1.96 bits per heavy atom. The Balaban J connectivity index is 1.40. The predicted octanol–water partition coefficient (Wildman–Crippen LogP) is 2.66. The average molecular weight is 349 g/mol. The number of hydrogen-bond donors (Lipinski definition) is 1. The van der Waals surface area contributed by atoms with Crippen LogP contribution in [0, 0.1) is 0 Å². The first kappa shape index (κ1) is 16.3. The lowest BCUT2D eigenvalue weighted by Crippen LogP contribution is -2.25. The fraction of sp³-hybridized carbons (Fsp3) is 0.263. The van der Waals surface area contributed by atoms with Crippen LogP contribution in [0.1, 0.15) is 29.2 Å². The monoisotopic (exact) mass is 349 g/mol. The smallest absolute Gasteiger partial charge is 0.273 e. The molecule has 1 amide bonds. The van der Waals surface area contributed by atoms with E-state index < -0.39 is 0 Å². The molecule has 26 heavy (non-hydrogen) atoms. The molecule has 1 aliphatic heterocycles. The van der Waals surface area contributed by atoms with E-state index in [1.807, 2.05) is 36.4 Å². The Morgan fingerprint density at radius 1 is 1.15 bits per heavy atom. The normalized spacial score (nSPS) is 13.8. The van der Waals surface area contributed by atoms with Crippen molar-refractivity contribution in [2.75, 3.05) is 18.0 Å². The van der Waals surface area contributed by atoms with Gasteiger partial charge in [-0.05, 0) is 18.9 Å². The molecule has 0 aliphatic carbocycles. The second-order valence-corrected chi connectivity index (χ2v) is 6.15. The molecule has 0 radical (unpaired) electrons. The summed E-state index contributed by atoms with van der Waals surface area (Å²) in [5.74, 6) is 1.73. The van der Waals surface area contributed by atoms with Crippen molar-refractivity contribution in [1.29, 1.82) is 0 Å². The van der Waals surface area contributed by atoms with Crippen LogP contribution in [0.15, 0.2) is 53.2 Å². The lowest BCUT2D eigenvalue weighted by Gasteiger charge is -2.16. The van der Waals surface area contributed by atoms with Gasteiger partial charge >= 0.3 is 0 Å². The molecule has 0 unspecified atom stereocenters. The van der Waals surface area contributed by atoms with Gasteiger partial charge in [0.2, 0.25) is 0 Å². The minimum absolute atomic E-state index is 0.236. The maximum absolute atomic E-state index is 12.3. The Hall–Kier alpha value is -3.22. The Kier molecular flexibility index (Phi) is 4.59. The zero-order valence-corrected chi connectivity index (χ0v) is 14.3. The van der Waals surface area contributed by atoms with E-state index in [2.05, 4.69) is 25.3 Å². The summed E-state index contributed by atoms with van der Waals surface area (Å²) in [5.41, 5.74) is 1.11. The van der Waals surface area contributed by atoms with Crippen LogP contribution in [0.2, 0.25) is 0 Å². The summed E-state index contributed by atoms with van der Waals surface area (Å²) in [6, 6.07) is 13.1. The van der Waals surface area contributed by atoms with E-state index in [0.717, 1.165) is 24.5 Å². The van der Waals surface area contributed by atoms with Crippen LogP contribution in [0.3, 0.4) is 0 Å². The Labute approximate surface area is 151 Å². The minimum atomic E-state index is -0.314. The number of carbonyl (C=O) groups excluding carboxylic acids is 1. The van der Waals surface area contributed by atoms with Crippen LogP contribution in [-0.4, -0.2) is 34.1 Å². The molecule has 0 bridgehead atoms. The molecular formula is C19H19N5O2. The van der Waals surface area contributed by atoms with Gasteiger partial charge in [-0.1, -0.05) is 35.5 Å². The first-order valence-corrected chi connectivity index (χ1v) is 8.67. The van der Waals surface area contributed by atoms with Gasteiger partial charge in [0.15, 0.2) is 11.5 Å². The molecule has 3 aromatic rings. The third kappa shape index (κ3) is 3.56. The van der Waals surface area contributed by atoms with Crippen LogP contribution in [0.25, 0.3) is 11.3 Å². The number of nitrogens with one attached hydrogen (secondary N) is 1. The van der Waals surface area contributed by atoms with Gasteiger partial charge in [0.05, 0.1) is 6.54 Å². The molecule has 4 rings (SSSR count). The van der Waals surface area contributed by atoms with Crippen molar-refractivity contribution in [1.82, 2.24) is 20.4 Å². The maximum atomic E-state index is 12.3. The van der Waals surface area contributed by atoms with E-state index in [-0.39, 0.29) is 18.1 Å². The number of amides is 1. The number of benzene rings is 1. The maximum Gasteiger partial charge on any atom is 0.273 e. The zero-order chi connectivity index (χ0) is 17.8. The molecule has 1 aliphatic rings. The summed E-state index contributed by atoms with van der Waals surface area (Å²) >= 11 is 0. The van der Waals surface area contributed by atoms with Crippen LogP contribution in [-0.2, 0) is 6.54 Å². The number of carbonyl (C=O) groups is 1. The number of rotatable bonds is 5. The third-order valence-corrected chi connectivity index (χ3v) is 4.33. The highest BCUT2D eigenvalue weighted by Gasteiger charge is 2.16. The molecule has 7 heteroatoms. The largest absolute Gasteiger partial charge is 0.357 e. The second kappa shape index (κ2) is 7.35. The van der Waals surface area contributed by atoms with Gasteiger partial charge in [0.1, 0.15) is 11.6 Å². The molecule has 0 saturated carbocycles. The fourth-order valence-electron chi connectivity index (χ4n) is 2.97. The summed E-state index contributed by atoms with van der Waals surface area (Å²) < 4.78 is 5.26. The summed E-state index contributed by atoms with van der Waals surface area (Å²) in [6.07, 6.45) is 4.10. The van der Waals surface area contributed by atoms with Gasteiger partial charge in [0, 0.05) is 30.9 Å². The standard InChI is InChI=1S/C19H19N5O2/c25-19(15-12-16(26-23-15)14-6-2-1-3-7-14)21-13-17-20-9-8-18(22-17)24-10-4-5-11-24/h1-3,6-9,12H,4-5,10-11,13H2,(H,21,25). The van der Waals surface area contributed by atoms with Gasteiger partial charge in [-0.2, -0.15) is 0 Å². The number of anilines is 1. The average Bonchev–Trinajstić information content (AvgIpc) is 3.39. The fourth-order valence-corrected chi connectivity index (χ4v) is 2.97. The third-order valence-electron chi connectivity index (χ3n) is 4.33. The van der Waals surface area contributed by atoms with E-state index in [1.54, 1.807) is 12.3 Å². The van der Waals surface area contributed by atoms with Crippen molar-refractivity contribution in [3.63, 3.8) is 0 Å². The first-order valence-electron chi connectivity index (χ1n) is 8.67. The van der Waals surface area contributed by atoms with E-state index in [0.29, 0.717) is 11.6 Å². The summed E-state index contributed by atoms with van der Waals surface area (Å²) in [4.78, 5) is 23.3. The second-order valence-electron chi connectivity index (χ2n) is 6.15. The van der Waals surface area contributed by atoms with Crippen molar-refractivity contribution in [2.45, 2.75) is 19.4 Å². The lowest BCUT2D eigenvalue weighted by molar-refractivity contribution is 0.0941. The van der Waals surface area contributed by atoms with Gasteiger partial charge in [0.25, 0.3) is 5.91 Å². The zero-order valence-electron chi connectivity index (χ0n) is 14.3. The first-order chi connectivity index (χ1) is 12.8. The molecule has 7 nitrogen and oxygen atoms in total. The van der Waals surface area contributed by atoms with Gasteiger partial charge in [-0.3, -0.25) is 4.79 Å². The summed E-state index contributed by atoms with van der Waals surface area (Å²) in [6.45, 7) is 2.28. The van der Waals surface area contributed by atoms with E-state index in [4.69, 9.17) is 4.52 Å². The molecule has 1 aromatic carbocycles. The van der Waals surface area contributed by atoms with Crippen LogP contribution in [0.5, 0.6) is 0 Å². The summed E-state index contributed by atoms with van der Waals surface area (Å²) in [7, 11) is 0. The lowest BCUT2D eigenvalue weighted by atomic mass is 10.1. The number of hydrogen-bond acceptors (Lipinski definition) is 6. The highest BCUT2D eigenvalue weighted by Crippen LogP contribution is 2.20. The van der Waals surface area contributed by atoms with Crippen molar-refractivity contribution in [3.8, 4) is 11.3 Å². The highest BCUT2D eigenvalue weighted by molar-refractivity contribution is 5.92. The Bertz CT molecular complexity index is 888. The quantitative estimate of drug-likeness (QED) is 0.762. The van der Waals surface area contributed by atoms with Gasteiger partial charge in [-0.15, -0.1) is 0 Å². The Morgan fingerprint density at radius 3 is 2.77 bits per heavy atom. The molecule has 1 fully saturated rings. The minimum Gasteiger partial charge on any atom is -0.357 e. The van der Waals surface area contributed by atoms with Crippen LogP contribution < -0.4 is 10.2 Å². The van der Waals surface area contributed by atoms with E-state index in [9.17, 15) is 4.79 Å². The van der Waals surface area contributed by atoms with Crippen LogP contribution in [0.4, 0.5) is 5.82 Å². The molecule has 1 saturated heterocycles. The van der Waals surface area contributed by atoms with E-state index in [1.165, 1.54) is 12.8 Å². The molecule has 132 valence electrons. The van der Waals surface area contributed by atoms with Gasteiger partial charge in [-0.25, -0.2) is 9.97 Å². The van der Waals surface area contributed by atoms with Gasteiger partial charge < -0.3 is 14.7 Å². The van der Waals surface area contributed by atoms with Crippen LogP contribution >= 0.6 is 0 Å².